The fraction of sp³-hybridized carbons (Fsp3) is 0.300. The zero-order valence-corrected chi connectivity index (χ0v) is 24.1. The fourth-order valence-corrected chi connectivity index (χ4v) is 4.40. The normalized spacial score (nSPS) is 10.9. The Bertz CT molecular complexity index is 1340. The summed E-state index contributed by atoms with van der Waals surface area (Å²) in [6, 6.07) is 8.28. The van der Waals surface area contributed by atoms with E-state index in [1.165, 1.54) is 36.4 Å². The van der Waals surface area contributed by atoms with E-state index in [1.807, 2.05) is 4.90 Å². The molecule has 3 aromatic rings. The lowest BCUT2D eigenvalue weighted by atomic mass is 10.1. The Kier molecular flexibility index (Phi) is 10.6. The second-order valence-electron chi connectivity index (χ2n) is 10.1. The van der Waals surface area contributed by atoms with Gasteiger partial charge in [-0.15, -0.1) is 0 Å². The summed E-state index contributed by atoms with van der Waals surface area (Å²) in [5.41, 5.74) is 1.46. The fourth-order valence-electron chi connectivity index (χ4n) is 4.40. The van der Waals surface area contributed by atoms with E-state index in [2.05, 4.69) is 16.0 Å². The van der Waals surface area contributed by atoms with Crippen molar-refractivity contribution in [1.29, 1.82) is 0 Å². The van der Waals surface area contributed by atoms with Gasteiger partial charge in [0, 0.05) is 39.3 Å². The molecule has 0 aromatic heterocycles. The molecule has 0 aliphatic heterocycles. The number of nitrogens with one attached hydrogen (secondary N) is 3. The molecule has 0 spiro atoms. The van der Waals surface area contributed by atoms with Crippen molar-refractivity contribution in [3.05, 3.63) is 69.8 Å². The van der Waals surface area contributed by atoms with Gasteiger partial charge in [0.2, 0.25) is 0 Å². The largest absolute Gasteiger partial charge is 0.504 e. The van der Waals surface area contributed by atoms with Crippen LogP contribution in [0, 0.1) is 20.8 Å². The van der Waals surface area contributed by atoms with Crippen LogP contribution in [-0.2, 0) is 0 Å². The highest BCUT2D eigenvalue weighted by atomic mass is 16.3. The number of nitrogens with zero attached hydrogens (tertiary/aromatic N) is 1. The molecular weight excluding hydrogens is 560 g/mol. The highest BCUT2D eigenvalue weighted by Gasteiger charge is 2.19. The van der Waals surface area contributed by atoms with Crippen molar-refractivity contribution in [2.24, 2.45) is 0 Å². The van der Waals surface area contributed by atoms with Crippen molar-refractivity contribution >= 4 is 17.7 Å². The zero-order chi connectivity index (χ0) is 31.8. The minimum absolute atomic E-state index is 0.0917. The monoisotopic (exact) mass is 596 g/mol. The summed E-state index contributed by atoms with van der Waals surface area (Å²) in [5, 5.41) is 67.7. The number of amides is 3. The Balaban J connectivity index is 1.63. The highest BCUT2D eigenvalue weighted by molar-refractivity contribution is 5.99. The molecule has 3 aromatic carbocycles. The zero-order valence-electron chi connectivity index (χ0n) is 24.1. The van der Waals surface area contributed by atoms with Gasteiger partial charge in [0.25, 0.3) is 17.7 Å². The van der Waals surface area contributed by atoms with Gasteiger partial charge in [0.1, 0.15) is 0 Å². The highest BCUT2D eigenvalue weighted by Crippen LogP contribution is 2.31. The molecule has 0 saturated heterocycles. The number of aryl methyl sites for hydroxylation is 3. The van der Waals surface area contributed by atoms with E-state index in [-0.39, 0.29) is 56.0 Å². The van der Waals surface area contributed by atoms with Crippen molar-refractivity contribution in [3.8, 4) is 34.5 Å². The van der Waals surface area contributed by atoms with E-state index >= 15 is 0 Å². The Hall–Kier alpha value is -5.17. The van der Waals surface area contributed by atoms with E-state index in [4.69, 9.17) is 0 Å². The summed E-state index contributed by atoms with van der Waals surface area (Å²) in [6.45, 7) is 6.06. The summed E-state index contributed by atoms with van der Waals surface area (Å²) in [4.78, 5) is 39.7. The van der Waals surface area contributed by atoms with Gasteiger partial charge in [-0.2, -0.15) is 0 Å². The van der Waals surface area contributed by atoms with E-state index in [0.29, 0.717) is 16.7 Å². The second kappa shape index (κ2) is 14.1. The first kappa shape index (κ1) is 32.3. The summed E-state index contributed by atoms with van der Waals surface area (Å²) in [5.74, 6) is -4.70. The lowest BCUT2D eigenvalue weighted by molar-refractivity contribution is 0.0944. The molecule has 0 unspecified atom stereocenters. The molecule has 0 heterocycles. The summed E-state index contributed by atoms with van der Waals surface area (Å²) in [6.07, 6.45) is 0. The van der Waals surface area contributed by atoms with E-state index < -0.39 is 52.2 Å². The average molecular weight is 597 g/mol. The van der Waals surface area contributed by atoms with Crippen LogP contribution >= 0.6 is 0 Å². The van der Waals surface area contributed by atoms with E-state index in [9.17, 15) is 45.0 Å². The van der Waals surface area contributed by atoms with Crippen LogP contribution in [0.15, 0.2) is 36.4 Å². The molecule has 0 bridgehead atoms. The minimum atomic E-state index is -0.609. The van der Waals surface area contributed by atoms with Crippen molar-refractivity contribution in [2.75, 3.05) is 39.3 Å². The van der Waals surface area contributed by atoms with Gasteiger partial charge in [-0.05, 0) is 73.9 Å². The van der Waals surface area contributed by atoms with Crippen molar-refractivity contribution in [2.45, 2.75) is 20.8 Å². The van der Waals surface area contributed by atoms with E-state index in [0.717, 1.165) is 0 Å². The first-order chi connectivity index (χ1) is 20.3. The van der Waals surface area contributed by atoms with Crippen LogP contribution in [0.3, 0.4) is 0 Å². The SMILES string of the molecule is Cc1cc(O)c(O)c(C(=O)NCCN(CCNC(=O)c2cc(C)cc(O)c2O)CCNC(=O)c2cc(C)cc(O)c2O)c1. The molecule has 13 heteroatoms. The van der Waals surface area contributed by atoms with Crippen molar-refractivity contribution in [1.82, 2.24) is 20.9 Å². The predicted molar refractivity (Wildman–Crippen MR) is 157 cm³/mol. The molecule has 13 nitrogen and oxygen atoms in total. The smallest absolute Gasteiger partial charge is 0.255 e. The Morgan fingerprint density at radius 3 is 1.02 bits per heavy atom. The molecule has 230 valence electrons. The Morgan fingerprint density at radius 1 is 0.512 bits per heavy atom. The summed E-state index contributed by atoms with van der Waals surface area (Å²) < 4.78 is 0. The lowest BCUT2D eigenvalue weighted by Crippen LogP contribution is -2.43. The number of benzene rings is 3. The first-order valence-corrected chi connectivity index (χ1v) is 13.4. The van der Waals surface area contributed by atoms with Crippen LogP contribution in [0.4, 0.5) is 0 Å². The third-order valence-corrected chi connectivity index (χ3v) is 6.58. The van der Waals surface area contributed by atoms with Gasteiger partial charge in [-0.1, -0.05) is 0 Å². The number of carbonyl (C=O) groups excluding carboxylic acids is 3. The number of hydrogen-bond donors (Lipinski definition) is 9. The number of phenols is 6. The van der Waals surface area contributed by atoms with Gasteiger partial charge in [-0.25, -0.2) is 0 Å². The Morgan fingerprint density at radius 2 is 0.767 bits per heavy atom. The molecular formula is C30H36N4O9. The number of carbonyl (C=O) groups is 3. The number of aromatic hydroxyl groups is 6. The number of hydrogen-bond acceptors (Lipinski definition) is 10. The maximum atomic E-state index is 12.6. The van der Waals surface area contributed by atoms with Crippen LogP contribution in [0.5, 0.6) is 34.5 Å². The summed E-state index contributed by atoms with van der Waals surface area (Å²) in [7, 11) is 0. The maximum absolute atomic E-state index is 12.6. The standard InChI is InChI=1S/C30H36N4O9/c1-16-10-19(25(38)22(35)13-16)28(41)31-4-7-34(8-5-32-29(42)20-11-17(2)14-23(36)26(20)39)9-6-33-30(43)21-12-18(3)15-24(37)27(21)40/h10-15,35-40H,4-9H2,1-3H3,(H,31,41)(H,32,42)(H,33,43). The molecule has 0 atom stereocenters. The summed E-state index contributed by atoms with van der Waals surface area (Å²) >= 11 is 0. The van der Waals surface area contributed by atoms with Crippen LogP contribution in [0.1, 0.15) is 47.8 Å². The molecule has 0 aliphatic carbocycles. The Labute approximate surface area is 248 Å². The third-order valence-electron chi connectivity index (χ3n) is 6.58. The van der Waals surface area contributed by atoms with E-state index in [1.54, 1.807) is 20.8 Å². The van der Waals surface area contributed by atoms with Gasteiger partial charge in [0.05, 0.1) is 16.7 Å². The van der Waals surface area contributed by atoms with Crippen LogP contribution in [0.2, 0.25) is 0 Å². The molecule has 0 aliphatic rings. The van der Waals surface area contributed by atoms with Gasteiger partial charge in [0.15, 0.2) is 34.5 Å². The van der Waals surface area contributed by atoms with Crippen LogP contribution < -0.4 is 16.0 Å². The van der Waals surface area contributed by atoms with Crippen molar-refractivity contribution < 1.29 is 45.0 Å². The molecule has 3 amide bonds. The molecule has 0 radical (unpaired) electrons. The first-order valence-electron chi connectivity index (χ1n) is 13.4. The minimum Gasteiger partial charge on any atom is -0.504 e. The molecule has 0 fully saturated rings. The third kappa shape index (κ3) is 8.42. The lowest BCUT2D eigenvalue weighted by Gasteiger charge is -2.23. The number of phenolic OH excluding ortho intramolecular Hbond substituents is 6. The van der Waals surface area contributed by atoms with Crippen LogP contribution in [-0.4, -0.2) is 92.5 Å². The molecule has 9 N–H and O–H groups in total. The maximum Gasteiger partial charge on any atom is 0.255 e. The van der Waals surface area contributed by atoms with Gasteiger partial charge in [-0.3, -0.25) is 19.3 Å². The van der Waals surface area contributed by atoms with Crippen LogP contribution in [0.25, 0.3) is 0 Å². The average Bonchev–Trinajstić information content (AvgIpc) is 2.93. The quantitative estimate of drug-likeness (QED) is 0.138. The van der Waals surface area contributed by atoms with Gasteiger partial charge >= 0.3 is 0 Å². The predicted octanol–water partition coefficient (Wildman–Crippen LogP) is 1.74. The second-order valence-corrected chi connectivity index (χ2v) is 10.1. The van der Waals surface area contributed by atoms with Crippen molar-refractivity contribution in [3.63, 3.8) is 0 Å². The molecule has 43 heavy (non-hydrogen) atoms. The van der Waals surface area contributed by atoms with Gasteiger partial charge < -0.3 is 46.6 Å². The topological polar surface area (TPSA) is 212 Å². The molecule has 0 saturated carbocycles. The molecule has 3 rings (SSSR count). The number of rotatable bonds is 12.